The highest BCUT2D eigenvalue weighted by molar-refractivity contribution is 7.80. The Morgan fingerprint density at radius 2 is 2.05 bits per heavy atom. The molecule has 104 valence electrons. The zero-order valence-electron chi connectivity index (χ0n) is 11.6. The van der Waals surface area contributed by atoms with Gasteiger partial charge in [0.2, 0.25) is 0 Å². The van der Waals surface area contributed by atoms with Crippen molar-refractivity contribution in [3.63, 3.8) is 0 Å². The fourth-order valence-electron chi connectivity index (χ4n) is 1.48. The predicted molar refractivity (Wildman–Crippen MR) is 82.0 cm³/mol. The summed E-state index contributed by atoms with van der Waals surface area (Å²) in [6.07, 6.45) is 4.62. The van der Waals surface area contributed by atoms with E-state index < -0.39 is 0 Å². The van der Waals surface area contributed by atoms with Crippen molar-refractivity contribution in [2.24, 2.45) is 0 Å². The molecule has 0 saturated carbocycles. The van der Waals surface area contributed by atoms with Crippen LogP contribution in [-0.2, 0) is 4.74 Å². The topological polar surface area (TPSA) is 27.7 Å². The van der Waals surface area contributed by atoms with Crippen LogP contribution in [0.25, 0.3) is 6.08 Å². The van der Waals surface area contributed by atoms with Gasteiger partial charge in [-0.3, -0.25) is 0 Å². The van der Waals surface area contributed by atoms with Crippen LogP contribution in [0, 0.1) is 0 Å². The molecule has 1 aromatic carbocycles. The lowest BCUT2D eigenvalue weighted by Gasteiger charge is -2.10. The fourth-order valence-corrected chi connectivity index (χ4v) is 1.66. The molecule has 0 atom stereocenters. The Labute approximate surface area is 120 Å². The highest BCUT2D eigenvalue weighted by atomic mass is 32.1. The molecule has 0 heterocycles. The summed E-state index contributed by atoms with van der Waals surface area (Å²) in [5.74, 6) is 1.48. The van der Waals surface area contributed by atoms with Gasteiger partial charge in [0.25, 0.3) is 0 Å². The average molecular weight is 280 g/mol. The molecule has 0 bridgehead atoms. The van der Waals surface area contributed by atoms with Gasteiger partial charge in [0.15, 0.2) is 16.5 Å². The molecule has 4 heteroatoms. The third-order valence-corrected chi connectivity index (χ3v) is 2.60. The Bertz CT molecular complexity index is 441. The van der Waals surface area contributed by atoms with Crippen molar-refractivity contribution in [1.29, 1.82) is 0 Å². The van der Waals surface area contributed by atoms with Gasteiger partial charge in [-0.05, 0) is 49.3 Å². The van der Waals surface area contributed by atoms with Crippen molar-refractivity contribution in [3.05, 3.63) is 29.8 Å². The molecule has 0 saturated heterocycles. The Morgan fingerprint density at radius 3 is 2.68 bits per heavy atom. The van der Waals surface area contributed by atoms with Crippen LogP contribution >= 0.6 is 12.2 Å². The highest BCUT2D eigenvalue weighted by Crippen LogP contribution is 2.28. The van der Waals surface area contributed by atoms with E-state index in [0.29, 0.717) is 18.3 Å². The van der Waals surface area contributed by atoms with Crippen molar-refractivity contribution in [2.75, 3.05) is 20.3 Å². The van der Waals surface area contributed by atoms with E-state index in [-0.39, 0.29) is 0 Å². The minimum atomic E-state index is 0.481. The molecule has 0 radical (unpaired) electrons. The molecule has 0 N–H and O–H groups in total. The molecule has 0 aliphatic rings. The molecule has 3 nitrogen and oxygen atoms in total. The smallest absolute Gasteiger partial charge is 0.183 e. The van der Waals surface area contributed by atoms with E-state index in [1.165, 1.54) is 0 Å². The van der Waals surface area contributed by atoms with Gasteiger partial charge < -0.3 is 14.2 Å². The zero-order valence-corrected chi connectivity index (χ0v) is 12.5. The van der Waals surface area contributed by atoms with Gasteiger partial charge in [0.1, 0.15) is 0 Å². The lowest BCUT2D eigenvalue weighted by Crippen LogP contribution is -1.98. The van der Waals surface area contributed by atoms with E-state index in [4.69, 9.17) is 26.4 Å². The van der Waals surface area contributed by atoms with Gasteiger partial charge in [-0.1, -0.05) is 19.1 Å². The number of hydrogen-bond donors (Lipinski definition) is 0. The summed E-state index contributed by atoms with van der Waals surface area (Å²) in [4.78, 5) is 0. The summed E-state index contributed by atoms with van der Waals surface area (Å²) in [6.45, 7) is 5.22. The molecular formula is C15H20O3S. The fraction of sp³-hybridized carbons (Fsp3) is 0.400. The van der Waals surface area contributed by atoms with Gasteiger partial charge >= 0.3 is 0 Å². The van der Waals surface area contributed by atoms with Crippen LogP contribution < -0.4 is 9.47 Å². The van der Waals surface area contributed by atoms with Crippen molar-refractivity contribution < 1.29 is 14.2 Å². The third-order valence-electron chi connectivity index (χ3n) is 2.35. The first-order valence-corrected chi connectivity index (χ1v) is 6.77. The maximum absolute atomic E-state index is 5.65. The van der Waals surface area contributed by atoms with Crippen molar-refractivity contribution in [2.45, 2.75) is 20.3 Å². The summed E-state index contributed by atoms with van der Waals surface area (Å²) >= 11 is 5.04. The Morgan fingerprint density at radius 1 is 1.26 bits per heavy atom. The highest BCUT2D eigenvalue weighted by Gasteiger charge is 2.04. The Hall–Kier alpha value is -1.55. The standard InChI is InChI=1S/C15H20O3S/c1-4-10-18-14-11-12(6-8-13(14)16-3)7-9-15(19)17-5-2/h6-9,11H,4-5,10H2,1-3H3/b9-7+. The molecule has 0 aromatic heterocycles. The van der Waals surface area contributed by atoms with E-state index in [2.05, 4.69) is 6.92 Å². The van der Waals surface area contributed by atoms with Gasteiger partial charge in [0, 0.05) is 0 Å². The monoisotopic (exact) mass is 280 g/mol. The number of thiocarbonyl (C=S) groups is 1. The van der Waals surface area contributed by atoms with Gasteiger partial charge in [-0.2, -0.15) is 0 Å². The molecule has 0 spiro atoms. The van der Waals surface area contributed by atoms with E-state index in [1.54, 1.807) is 13.2 Å². The number of rotatable bonds is 7. The summed E-state index contributed by atoms with van der Waals surface area (Å²) in [6, 6.07) is 5.76. The molecule has 0 fully saturated rings. The van der Waals surface area contributed by atoms with Crippen LogP contribution in [0.4, 0.5) is 0 Å². The second-order valence-electron chi connectivity index (χ2n) is 3.84. The lowest BCUT2D eigenvalue weighted by molar-refractivity contribution is 0.294. The van der Waals surface area contributed by atoms with Crippen molar-refractivity contribution in [3.8, 4) is 11.5 Å². The minimum Gasteiger partial charge on any atom is -0.493 e. The second kappa shape index (κ2) is 8.53. The molecule has 0 unspecified atom stereocenters. The normalized spacial score (nSPS) is 10.5. The largest absolute Gasteiger partial charge is 0.493 e. The number of hydrogen-bond acceptors (Lipinski definition) is 4. The average Bonchev–Trinajstić information content (AvgIpc) is 2.43. The number of ether oxygens (including phenoxy) is 3. The van der Waals surface area contributed by atoms with Crippen LogP contribution in [0.3, 0.4) is 0 Å². The first-order chi connectivity index (χ1) is 9.21. The van der Waals surface area contributed by atoms with E-state index >= 15 is 0 Å². The summed E-state index contributed by atoms with van der Waals surface area (Å²) in [5.41, 5.74) is 0.994. The first kappa shape index (κ1) is 15.5. The Balaban J connectivity index is 2.82. The van der Waals surface area contributed by atoms with Crippen LogP contribution in [0.5, 0.6) is 11.5 Å². The summed E-state index contributed by atoms with van der Waals surface area (Å²) in [7, 11) is 1.63. The van der Waals surface area contributed by atoms with Gasteiger partial charge in [-0.15, -0.1) is 0 Å². The molecule has 0 amide bonds. The third kappa shape index (κ3) is 5.30. The van der Waals surface area contributed by atoms with Crippen LogP contribution in [0.15, 0.2) is 24.3 Å². The van der Waals surface area contributed by atoms with Crippen molar-refractivity contribution >= 4 is 23.3 Å². The maximum Gasteiger partial charge on any atom is 0.183 e. The molecule has 0 aliphatic heterocycles. The number of benzene rings is 1. The van der Waals surface area contributed by atoms with Gasteiger partial charge in [-0.25, -0.2) is 0 Å². The van der Waals surface area contributed by atoms with Crippen LogP contribution in [0.2, 0.25) is 0 Å². The molecule has 1 rings (SSSR count). The SMILES string of the molecule is CCCOc1cc(/C=C/C(=S)OCC)ccc1OC. The summed E-state index contributed by atoms with van der Waals surface area (Å²) < 4.78 is 16.1. The molecule has 0 aliphatic carbocycles. The van der Waals surface area contributed by atoms with Crippen LogP contribution in [0.1, 0.15) is 25.8 Å². The number of methoxy groups -OCH3 is 1. The molecule has 1 aromatic rings. The van der Waals surface area contributed by atoms with Crippen molar-refractivity contribution in [1.82, 2.24) is 0 Å². The summed E-state index contributed by atoms with van der Waals surface area (Å²) in [5, 5.41) is 0.481. The Kier molecular flexibility index (Phi) is 6.97. The lowest BCUT2D eigenvalue weighted by atomic mass is 10.2. The second-order valence-corrected chi connectivity index (χ2v) is 4.25. The quantitative estimate of drug-likeness (QED) is 0.560. The van der Waals surface area contributed by atoms with E-state index in [1.807, 2.05) is 31.2 Å². The van der Waals surface area contributed by atoms with Gasteiger partial charge in [0.05, 0.1) is 20.3 Å². The predicted octanol–water partition coefficient (Wildman–Crippen LogP) is 3.86. The first-order valence-electron chi connectivity index (χ1n) is 6.37. The van der Waals surface area contributed by atoms with E-state index in [0.717, 1.165) is 23.5 Å². The zero-order chi connectivity index (χ0) is 14.1. The molecular weight excluding hydrogens is 260 g/mol. The van der Waals surface area contributed by atoms with Crippen LogP contribution in [-0.4, -0.2) is 25.4 Å². The minimum absolute atomic E-state index is 0.481. The molecule has 19 heavy (non-hydrogen) atoms. The maximum atomic E-state index is 5.65. The van der Waals surface area contributed by atoms with E-state index in [9.17, 15) is 0 Å².